The number of non-ortho nitro benzene ring substituents is 1. The topological polar surface area (TPSA) is 162 Å². The van der Waals surface area contributed by atoms with Gasteiger partial charge in [-0.1, -0.05) is 38.5 Å². The summed E-state index contributed by atoms with van der Waals surface area (Å²) in [6, 6.07) is 5.47. The Bertz CT molecular complexity index is 594. The second-order valence-corrected chi connectivity index (χ2v) is 8.29. The number of nitrogens with zero attached hydrogens (tertiary/aromatic N) is 1. The molecule has 2 saturated carbocycles. The molecule has 28 heavy (non-hydrogen) atoms. The van der Waals surface area contributed by atoms with Crippen LogP contribution in [-0.2, 0) is 4.57 Å². The molecule has 0 bridgehead atoms. The van der Waals surface area contributed by atoms with Gasteiger partial charge in [0.05, 0.1) is 4.92 Å². The predicted molar refractivity (Wildman–Crippen MR) is 108 cm³/mol. The van der Waals surface area contributed by atoms with Gasteiger partial charge in [0.15, 0.2) is 0 Å². The van der Waals surface area contributed by atoms with Crippen molar-refractivity contribution in [3.63, 3.8) is 0 Å². The van der Waals surface area contributed by atoms with Gasteiger partial charge in [-0.15, -0.1) is 0 Å². The molecule has 0 saturated heterocycles. The normalized spacial score (nSPS) is 18.1. The Morgan fingerprint density at radius 2 is 1.32 bits per heavy atom. The standard InChI is InChI=1S/C6H6NO6P.2C6H13N/c8-7(9)5-1-3-6(4-2-5)13-14(10,11)12;2*7-6-4-2-1-3-5-6/h1-4H,(H2,10,11,12);2*6H,1-5,7H2/i10+2,11+2,12+2;;. The van der Waals surface area contributed by atoms with E-state index in [0.717, 1.165) is 24.3 Å². The van der Waals surface area contributed by atoms with Gasteiger partial charge in [-0.2, -0.15) is 0 Å². The zero-order valence-electron chi connectivity index (χ0n) is 16.1. The number of phosphoric ester groups is 1. The van der Waals surface area contributed by atoms with Crippen LogP contribution in [0.4, 0.5) is 5.69 Å². The maximum atomic E-state index is 10.4. The predicted octanol–water partition coefficient (Wildman–Crippen LogP) is 3.62. The van der Waals surface area contributed by atoms with Crippen molar-refractivity contribution >= 4 is 13.5 Å². The third-order valence-corrected chi connectivity index (χ3v) is 5.02. The van der Waals surface area contributed by atoms with Crippen LogP contribution in [0.3, 0.4) is 0 Å². The molecule has 10 heteroatoms. The van der Waals surface area contributed by atoms with Gasteiger partial charge in [-0.3, -0.25) is 19.9 Å². The van der Waals surface area contributed by atoms with Crippen molar-refractivity contribution in [2.75, 3.05) is 0 Å². The van der Waals surface area contributed by atoms with Crippen molar-refractivity contribution in [2.24, 2.45) is 11.5 Å². The highest BCUT2D eigenvalue weighted by Gasteiger charge is 2.16. The fourth-order valence-electron chi connectivity index (χ4n) is 3.03. The molecule has 0 aliphatic heterocycles. The second kappa shape index (κ2) is 12.9. The fraction of sp³-hybridized carbons (Fsp3) is 0.667. The third kappa shape index (κ3) is 12.0. The summed E-state index contributed by atoms with van der Waals surface area (Å²) in [5.41, 5.74) is 11.1. The van der Waals surface area contributed by atoms with Crippen LogP contribution in [0.5, 0.6) is 5.75 Å². The Morgan fingerprint density at radius 1 is 0.929 bits per heavy atom. The number of rotatable bonds is 3. The Balaban J connectivity index is 0.000000233. The first-order valence-electron chi connectivity index (χ1n) is 9.68. The third-order valence-electron chi connectivity index (χ3n) is 4.57. The monoisotopic (exact) mass is 423 g/mol. The molecule has 0 spiro atoms. The van der Waals surface area contributed by atoms with Crippen LogP contribution in [0.2, 0.25) is 0 Å². The average Bonchev–Trinajstić information content (AvgIpc) is 2.63. The highest BCUT2D eigenvalue weighted by atomic mass is 31.2. The Hall–Kier alpha value is -1.51. The van der Waals surface area contributed by atoms with E-state index < -0.39 is 12.7 Å². The zero-order valence-corrected chi connectivity index (χ0v) is 17.0. The summed E-state index contributed by atoms with van der Waals surface area (Å²) in [7, 11) is -4.60. The maximum Gasteiger partial charge on any atom is 0.524 e. The molecule has 2 aliphatic carbocycles. The maximum absolute atomic E-state index is 10.4. The number of hydrogen-bond acceptors (Lipinski definition) is 6. The van der Waals surface area contributed by atoms with Crippen LogP contribution >= 0.6 is 7.82 Å². The van der Waals surface area contributed by atoms with Gasteiger partial charge in [0.1, 0.15) is 5.75 Å². The van der Waals surface area contributed by atoms with E-state index in [4.69, 9.17) is 21.3 Å². The lowest BCUT2D eigenvalue weighted by Crippen LogP contribution is -2.22. The Kier molecular flexibility index (Phi) is 11.3. The van der Waals surface area contributed by atoms with Crippen molar-refractivity contribution in [2.45, 2.75) is 76.3 Å². The van der Waals surface area contributed by atoms with E-state index in [1.165, 1.54) is 64.2 Å². The highest BCUT2D eigenvalue weighted by molar-refractivity contribution is 7.46. The highest BCUT2D eigenvalue weighted by Crippen LogP contribution is 2.37. The van der Waals surface area contributed by atoms with Gasteiger partial charge in [0, 0.05) is 24.2 Å². The van der Waals surface area contributed by atoms with E-state index in [9.17, 15) is 14.7 Å². The molecule has 6 N–H and O–H groups in total. The molecule has 3 rings (SSSR count). The Labute approximate surface area is 165 Å². The summed E-state index contributed by atoms with van der Waals surface area (Å²) in [6.07, 6.45) is 13.3. The van der Waals surface area contributed by atoms with Crippen molar-refractivity contribution in [3.8, 4) is 5.75 Å². The lowest BCUT2D eigenvalue weighted by atomic mass is 9.97. The molecular weight excluding hydrogens is 391 g/mol. The Morgan fingerprint density at radius 3 is 1.57 bits per heavy atom. The SMILES string of the molecule is NC1CCCCC1.NC1CCCCC1.O=[N+]([O-])c1ccc(OP(=[18O])([18OH])[18OH])cc1. The summed E-state index contributed by atoms with van der Waals surface area (Å²) in [5.74, 6) is -0.121. The van der Waals surface area contributed by atoms with Gasteiger partial charge in [-0.25, -0.2) is 4.57 Å². The van der Waals surface area contributed by atoms with Gasteiger partial charge in [0.25, 0.3) is 5.69 Å². The van der Waals surface area contributed by atoms with E-state index in [2.05, 4.69) is 4.52 Å². The van der Waals surface area contributed by atoms with Crippen molar-refractivity contribution in [3.05, 3.63) is 34.4 Å². The van der Waals surface area contributed by atoms with Crippen molar-refractivity contribution in [1.82, 2.24) is 0 Å². The molecule has 0 atom stereocenters. The van der Waals surface area contributed by atoms with Crippen molar-refractivity contribution in [1.29, 1.82) is 0 Å². The number of benzene rings is 1. The molecule has 9 nitrogen and oxygen atoms in total. The molecule has 2 aliphatic rings. The lowest BCUT2D eigenvalue weighted by molar-refractivity contribution is -0.384. The first-order valence-corrected chi connectivity index (χ1v) is 11.2. The minimum absolute atomic E-state index is 0.121. The minimum Gasteiger partial charge on any atom is -0.404 e. The molecule has 0 amide bonds. The molecule has 0 unspecified atom stereocenters. The molecule has 2 fully saturated rings. The van der Waals surface area contributed by atoms with Crippen LogP contribution in [0.1, 0.15) is 64.2 Å². The minimum atomic E-state index is -4.60. The second-order valence-electron chi connectivity index (χ2n) is 7.13. The quantitative estimate of drug-likeness (QED) is 0.248. The van der Waals surface area contributed by atoms with Gasteiger partial charge in [0.2, 0.25) is 0 Å². The van der Waals surface area contributed by atoms with E-state index in [-0.39, 0.29) is 11.4 Å². The molecule has 0 aromatic heterocycles. The van der Waals surface area contributed by atoms with Gasteiger partial charge < -0.3 is 16.0 Å². The largest absolute Gasteiger partial charge is 0.524 e. The first-order chi connectivity index (χ1) is 13.2. The number of nitro groups is 1. The molecule has 1 aromatic rings. The number of nitrogens with two attached hydrogens (primary N) is 2. The zero-order chi connectivity index (χ0) is 21.0. The molecule has 0 heterocycles. The fourth-order valence-corrected chi connectivity index (χ4v) is 3.43. The molecule has 1 aromatic carbocycles. The molecule has 0 radical (unpaired) electrons. The van der Waals surface area contributed by atoms with E-state index >= 15 is 0 Å². The number of nitro benzene ring substituents is 1. The molecule has 160 valence electrons. The molecular formula is C18H32N3O6P. The average molecular weight is 423 g/mol. The van der Waals surface area contributed by atoms with Crippen LogP contribution in [-0.4, -0.2) is 26.8 Å². The van der Waals surface area contributed by atoms with Crippen LogP contribution in [0.15, 0.2) is 24.3 Å². The van der Waals surface area contributed by atoms with Crippen LogP contribution in [0, 0.1) is 10.1 Å². The van der Waals surface area contributed by atoms with Gasteiger partial charge >= 0.3 is 7.82 Å². The number of hydrogen-bond donors (Lipinski definition) is 4. The van der Waals surface area contributed by atoms with E-state index in [1.54, 1.807) is 0 Å². The van der Waals surface area contributed by atoms with Crippen LogP contribution in [0.25, 0.3) is 0 Å². The smallest absolute Gasteiger partial charge is 0.404 e. The summed E-state index contributed by atoms with van der Waals surface area (Å²) in [5, 5.41) is 10.2. The summed E-state index contributed by atoms with van der Waals surface area (Å²) < 4.78 is 14.5. The lowest BCUT2D eigenvalue weighted by Gasteiger charge is -2.15. The van der Waals surface area contributed by atoms with E-state index in [0.29, 0.717) is 12.1 Å². The van der Waals surface area contributed by atoms with Gasteiger partial charge in [-0.05, 0) is 37.8 Å². The summed E-state index contributed by atoms with van der Waals surface area (Å²) >= 11 is 0. The summed E-state index contributed by atoms with van der Waals surface area (Å²) in [4.78, 5) is 26.4. The summed E-state index contributed by atoms with van der Waals surface area (Å²) in [6.45, 7) is 0. The van der Waals surface area contributed by atoms with Crippen LogP contribution < -0.4 is 16.0 Å². The number of phosphoric acid groups is 1. The van der Waals surface area contributed by atoms with Crippen molar-refractivity contribution < 1.29 is 23.8 Å². The first kappa shape index (κ1) is 24.5. The van der Waals surface area contributed by atoms with E-state index in [1.807, 2.05) is 0 Å².